The first-order chi connectivity index (χ1) is 15.2. The van der Waals surface area contributed by atoms with E-state index in [-0.39, 0.29) is 6.61 Å². The maximum Gasteiger partial charge on any atom is 0.303 e. The summed E-state index contributed by atoms with van der Waals surface area (Å²) in [5, 5.41) is 0.462. The molecule has 32 heavy (non-hydrogen) atoms. The zero-order chi connectivity index (χ0) is 23.4. The van der Waals surface area contributed by atoms with Crippen LogP contribution >= 0.6 is 11.3 Å². The lowest BCUT2D eigenvalue weighted by Gasteiger charge is -2.43. The molecule has 11 heteroatoms. The number of para-hydroxylation sites is 1. The number of hydrogen-bond acceptors (Lipinski definition) is 11. The largest absolute Gasteiger partial charge is 0.463 e. The number of rotatable bonds is 6. The third-order valence-electron chi connectivity index (χ3n) is 4.54. The average Bonchev–Trinajstić information content (AvgIpc) is 3.12. The first-order valence-electron chi connectivity index (χ1n) is 9.81. The maximum absolute atomic E-state index is 11.9. The van der Waals surface area contributed by atoms with Crippen molar-refractivity contribution in [2.75, 3.05) is 6.61 Å². The van der Waals surface area contributed by atoms with Crippen molar-refractivity contribution in [3.63, 3.8) is 0 Å². The predicted octanol–water partition coefficient (Wildman–Crippen LogP) is 2.09. The van der Waals surface area contributed by atoms with Crippen molar-refractivity contribution in [1.82, 2.24) is 4.98 Å². The van der Waals surface area contributed by atoms with Crippen LogP contribution in [0.4, 0.5) is 0 Å². The van der Waals surface area contributed by atoms with Crippen LogP contribution in [0.2, 0.25) is 0 Å². The van der Waals surface area contributed by atoms with Crippen LogP contribution < -0.4 is 0 Å². The highest BCUT2D eigenvalue weighted by Gasteiger charge is 2.53. The first kappa shape index (κ1) is 23.6. The zero-order valence-electron chi connectivity index (χ0n) is 17.9. The third-order valence-corrected chi connectivity index (χ3v) is 5.64. The van der Waals surface area contributed by atoms with E-state index in [0.29, 0.717) is 10.5 Å². The number of fused-ring (bicyclic) bond motifs is 1. The summed E-state index contributed by atoms with van der Waals surface area (Å²) in [6.07, 6.45) is -5.53. The van der Waals surface area contributed by atoms with E-state index in [1.54, 1.807) is 0 Å². The van der Waals surface area contributed by atoms with E-state index in [9.17, 15) is 19.2 Å². The van der Waals surface area contributed by atoms with Crippen LogP contribution in [-0.4, -0.2) is 59.9 Å². The van der Waals surface area contributed by atoms with Crippen LogP contribution in [-0.2, 0) is 42.9 Å². The number of aromatic nitrogens is 1. The van der Waals surface area contributed by atoms with E-state index < -0.39 is 54.4 Å². The lowest BCUT2D eigenvalue weighted by atomic mass is 9.94. The first-order valence-corrected chi connectivity index (χ1v) is 10.6. The molecule has 0 spiro atoms. The number of carbonyl (C=O) groups excluding carboxylic acids is 4. The van der Waals surface area contributed by atoms with Crippen LogP contribution in [0, 0.1) is 0 Å². The van der Waals surface area contributed by atoms with Gasteiger partial charge < -0.3 is 23.7 Å². The average molecular weight is 465 g/mol. The highest BCUT2D eigenvalue weighted by atomic mass is 32.1. The highest BCUT2D eigenvalue weighted by molar-refractivity contribution is 7.18. The minimum Gasteiger partial charge on any atom is -0.463 e. The van der Waals surface area contributed by atoms with E-state index >= 15 is 0 Å². The third kappa shape index (κ3) is 5.60. The van der Waals surface area contributed by atoms with Gasteiger partial charge in [0.1, 0.15) is 17.7 Å². The summed E-state index contributed by atoms with van der Waals surface area (Å²) in [6.45, 7) is 4.50. The number of esters is 4. The van der Waals surface area contributed by atoms with Crippen molar-refractivity contribution >= 4 is 45.4 Å². The molecule has 5 atom stereocenters. The van der Waals surface area contributed by atoms with Gasteiger partial charge in [-0.1, -0.05) is 12.1 Å². The van der Waals surface area contributed by atoms with E-state index in [0.717, 1.165) is 4.70 Å². The Kier molecular flexibility index (Phi) is 7.41. The monoisotopic (exact) mass is 465 g/mol. The Hall–Kier alpha value is -3.05. The summed E-state index contributed by atoms with van der Waals surface area (Å²) in [6, 6.07) is 7.39. The lowest BCUT2D eigenvalue weighted by Crippen LogP contribution is -2.59. The minimum atomic E-state index is -1.22. The van der Waals surface area contributed by atoms with Crippen molar-refractivity contribution in [1.29, 1.82) is 0 Å². The van der Waals surface area contributed by atoms with Crippen LogP contribution in [0.3, 0.4) is 0 Å². The molecule has 0 amide bonds. The molecular weight excluding hydrogens is 442 g/mol. The van der Waals surface area contributed by atoms with Crippen molar-refractivity contribution in [2.24, 2.45) is 0 Å². The Balaban J connectivity index is 2.07. The Labute approximate surface area is 187 Å². The molecule has 1 aliphatic heterocycles. The van der Waals surface area contributed by atoms with E-state index in [1.165, 1.54) is 39.0 Å². The molecule has 0 bridgehead atoms. The summed E-state index contributed by atoms with van der Waals surface area (Å²) in [7, 11) is 0. The van der Waals surface area contributed by atoms with Gasteiger partial charge in [0.25, 0.3) is 0 Å². The van der Waals surface area contributed by atoms with Crippen molar-refractivity contribution in [3.05, 3.63) is 29.3 Å². The molecule has 0 aliphatic carbocycles. The molecule has 172 valence electrons. The van der Waals surface area contributed by atoms with Crippen LogP contribution in [0.1, 0.15) is 38.8 Å². The second kappa shape index (κ2) is 10.0. The van der Waals surface area contributed by atoms with Gasteiger partial charge in [-0.25, -0.2) is 4.98 Å². The molecule has 10 nitrogen and oxygen atoms in total. The number of hydrogen-bond donors (Lipinski definition) is 0. The number of nitrogens with zero attached hydrogens (tertiary/aromatic N) is 1. The van der Waals surface area contributed by atoms with Gasteiger partial charge in [0.15, 0.2) is 24.4 Å². The topological polar surface area (TPSA) is 127 Å². The van der Waals surface area contributed by atoms with Gasteiger partial charge in [0, 0.05) is 27.7 Å². The summed E-state index contributed by atoms with van der Waals surface area (Å²) in [4.78, 5) is 51.5. The Morgan fingerprint density at radius 1 is 0.875 bits per heavy atom. The molecule has 0 radical (unpaired) electrons. The smallest absolute Gasteiger partial charge is 0.303 e. The van der Waals surface area contributed by atoms with Crippen LogP contribution in [0.15, 0.2) is 24.3 Å². The van der Waals surface area contributed by atoms with E-state index in [1.807, 2.05) is 24.3 Å². The fourth-order valence-corrected chi connectivity index (χ4v) is 4.48. The molecule has 2 heterocycles. The molecule has 0 N–H and O–H groups in total. The van der Waals surface area contributed by atoms with Gasteiger partial charge in [-0.05, 0) is 12.1 Å². The molecule has 0 unspecified atom stereocenters. The van der Waals surface area contributed by atoms with Gasteiger partial charge in [0.2, 0.25) is 0 Å². The molecule has 0 saturated carbocycles. The standard InChI is InChI=1S/C21H23NO9S/c1-10(23)27-9-15-17(28-11(2)24)18(29-12(3)25)19(30-13(4)26)20(31-15)21-22-14-7-5-6-8-16(14)32-21/h5-8,15,17-20H,9H2,1-4H3/t15-,17-,18+,19-,20-/m1/s1. The quantitative estimate of drug-likeness (QED) is 0.462. The summed E-state index contributed by atoms with van der Waals surface area (Å²) in [5.74, 6) is -2.58. The molecular formula is C21H23NO9S. The summed E-state index contributed by atoms with van der Waals surface area (Å²) >= 11 is 1.31. The fraction of sp³-hybridized carbons (Fsp3) is 0.476. The second-order valence-corrected chi connectivity index (χ2v) is 8.20. The van der Waals surface area contributed by atoms with Gasteiger partial charge in [-0.2, -0.15) is 0 Å². The predicted molar refractivity (Wildman–Crippen MR) is 111 cm³/mol. The van der Waals surface area contributed by atoms with Crippen molar-refractivity contribution < 1.29 is 42.9 Å². The number of ether oxygens (including phenoxy) is 5. The Morgan fingerprint density at radius 2 is 1.47 bits per heavy atom. The number of carbonyl (C=O) groups is 4. The van der Waals surface area contributed by atoms with Gasteiger partial charge in [-0.3, -0.25) is 19.2 Å². The zero-order valence-corrected chi connectivity index (χ0v) is 18.7. The molecule has 3 rings (SSSR count). The molecule has 1 aromatic heterocycles. The number of benzene rings is 1. The summed E-state index contributed by atoms with van der Waals surface area (Å²) < 4.78 is 28.4. The minimum absolute atomic E-state index is 0.279. The van der Waals surface area contributed by atoms with Crippen LogP contribution in [0.25, 0.3) is 10.2 Å². The fourth-order valence-electron chi connectivity index (χ4n) is 3.44. The van der Waals surface area contributed by atoms with E-state index in [4.69, 9.17) is 23.7 Å². The van der Waals surface area contributed by atoms with Gasteiger partial charge in [0.05, 0.1) is 10.2 Å². The van der Waals surface area contributed by atoms with Crippen molar-refractivity contribution in [2.45, 2.75) is 58.2 Å². The number of thiazole rings is 1. The SMILES string of the molecule is CC(=O)OC[C@H]1O[C@@H](c2nc3ccccc3s2)[C@H](OC(C)=O)[C@@H](OC(C)=O)[C@@H]1OC(C)=O. The molecule has 1 fully saturated rings. The van der Waals surface area contributed by atoms with Crippen LogP contribution in [0.5, 0.6) is 0 Å². The molecule has 2 aromatic rings. The summed E-state index contributed by atoms with van der Waals surface area (Å²) in [5.41, 5.74) is 0.709. The lowest BCUT2D eigenvalue weighted by molar-refractivity contribution is -0.254. The second-order valence-electron chi connectivity index (χ2n) is 7.14. The molecule has 1 aliphatic rings. The van der Waals surface area contributed by atoms with Gasteiger partial charge in [-0.15, -0.1) is 11.3 Å². The Bertz CT molecular complexity index is 987. The van der Waals surface area contributed by atoms with Gasteiger partial charge >= 0.3 is 23.9 Å². The Morgan fingerprint density at radius 3 is 2.06 bits per heavy atom. The van der Waals surface area contributed by atoms with Crippen molar-refractivity contribution in [3.8, 4) is 0 Å². The highest BCUT2D eigenvalue weighted by Crippen LogP contribution is 2.40. The van der Waals surface area contributed by atoms with E-state index in [2.05, 4.69) is 4.98 Å². The molecule has 1 saturated heterocycles. The normalized spacial score (nSPS) is 25.1. The molecule has 1 aromatic carbocycles. The maximum atomic E-state index is 11.9.